The van der Waals surface area contributed by atoms with Crippen molar-refractivity contribution in [2.24, 2.45) is 0 Å². The number of methoxy groups -OCH3 is 2. The van der Waals surface area contributed by atoms with Gasteiger partial charge in [0.2, 0.25) is 0 Å². The number of hydrogen-bond donors (Lipinski definition) is 2. The van der Waals surface area contributed by atoms with Crippen LogP contribution in [0, 0.1) is 18.4 Å². The maximum absolute atomic E-state index is 16.7. The number of fused-ring (bicyclic) bond motifs is 1. The summed E-state index contributed by atoms with van der Waals surface area (Å²) in [4.78, 5) is 27.6. The number of esters is 1. The Labute approximate surface area is 552 Å². The van der Waals surface area contributed by atoms with Gasteiger partial charge in [-0.05, 0) is 83.1 Å². The van der Waals surface area contributed by atoms with Crippen molar-refractivity contribution in [2.75, 3.05) is 32.8 Å². The molecule has 3 heterocycles. The molecule has 15 nitrogen and oxygen atoms in total. The first-order valence-electron chi connectivity index (χ1n) is 32.9. The average Bonchev–Trinajstić information content (AvgIpc) is 1.41. The predicted octanol–water partition coefficient (Wildman–Crippen LogP) is 17.3. The second-order valence-electron chi connectivity index (χ2n) is 23.9. The number of halogens is 1. The van der Waals surface area contributed by atoms with Crippen LogP contribution in [0.5, 0.6) is 17.2 Å². The molecule has 0 bridgehead atoms. The fourth-order valence-corrected chi connectivity index (χ4v) is 14.0. The summed E-state index contributed by atoms with van der Waals surface area (Å²) in [5.41, 5.74) is 0.310. The van der Waals surface area contributed by atoms with Gasteiger partial charge in [-0.25, -0.2) is 9.55 Å². The van der Waals surface area contributed by atoms with Crippen LogP contribution in [0.25, 0.3) is 11.2 Å². The zero-order chi connectivity index (χ0) is 65.6. The molecular weight excluding hydrogens is 1200 g/mol. The average molecular weight is 1290 g/mol. The molecule has 1 fully saturated rings. The van der Waals surface area contributed by atoms with Crippen LogP contribution in [-0.4, -0.2) is 70.7 Å². The van der Waals surface area contributed by atoms with E-state index in [0.29, 0.717) is 23.5 Å². The maximum atomic E-state index is 16.7. The summed E-state index contributed by atoms with van der Waals surface area (Å²) < 4.78 is 78.8. The Morgan fingerprint density at radius 2 is 1.11 bits per heavy atom. The molecule has 2 aromatic heterocycles. The van der Waals surface area contributed by atoms with Crippen molar-refractivity contribution in [3.63, 3.8) is 0 Å². The molecule has 0 saturated carbocycles. The number of imidazole rings is 1. The molecule has 5 atom stereocenters. The maximum Gasteiger partial charge on any atom is 0.459 e. The lowest BCUT2D eigenvalue weighted by molar-refractivity contribution is -0.145. The fraction of sp³-hybridized carbons (Fsp3) is 0.351. The Kier molecular flexibility index (Phi) is 23.9. The molecule has 1 saturated heterocycles. The molecule has 0 aliphatic carbocycles. The zero-order valence-electron chi connectivity index (χ0n) is 54.2. The largest absolute Gasteiger partial charge is 0.497 e. The first-order valence-corrected chi connectivity index (χ1v) is 34.5. The number of benzene rings is 7. The lowest BCUT2D eigenvalue weighted by Crippen LogP contribution is -2.49. The van der Waals surface area contributed by atoms with Crippen LogP contribution in [0.2, 0.25) is 0 Å². The number of ether oxygens (including phenoxy) is 5. The van der Waals surface area contributed by atoms with E-state index in [2.05, 4.69) is 33.2 Å². The molecule has 9 aromatic rings. The summed E-state index contributed by atoms with van der Waals surface area (Å²) in [5.74, 6) is 3.80. The van der Waals surface area contributed by atoms with Crippen LogP contribution in [0.4, 0.5) is 10.2 Å². The summed E-state index contributed by atoms with van der Waals surface area (Å²) in [6, 6.07) is 61.6. The van der Waals surface area contributed by atoms with Crippen molar-refractivity contribution in [2.45, 2.75) is 145 Å². The minimum absolute atomic E-state index is 0.0337. The monoisotopic (exact) mass is 1290 g/mol. The predicted molar refractivity (Wildman–Crippen MR) is 366 cm³/mol. The molecule has 0 radical (unpaired) electrons. The third-order valence-corrected chi connectivity index (χ3v) is 19.1. The molecule has 2 unspecified atom stereocenters. The number of anilines is 1. The summed E-state index contributed by atoms with van der Waals surface area (Å²) in [6.07, 6.45) is 21.7. The highest BCUT2D eigenvalue weighted by Crippen LogP contribution is 2.52. The Bertz CT molecular complexity index is 3810. The highest BCUT2D eigenvalue weighted by Gasteiger charge is 2.56. The quantitative estimate of drug-likeness (QED) is 0.00951. The van der Waals surface area contributed by atoms with E-state index in [1.807, 2.05) is 170 Å². The van der Waals surface area contributed by atoms with Crippen molar-refractivity contribution >= 4 is 30.7 Å². The fourth-order valence-electron chi connectivity index (χ4n) is 12.5. The number of terminal acetylenes is 1. The number of para-hydroxylation sites is 1. The summed E-state index contributed by atoms with van der Waals surface area (Å²) in [6.45, 7) is 3.36. The van der Waals surface area contributed by atoms with Crippen molar-refractivity contribution in [3.8, 4) is 29.6 Å². The topological polar surface area (TPSA) is 166 Å². The van der Waals surface area contributed by atoms with Crippen LogP contribution in [-0.2, 0) is 39.2 Å². The smallest absolute Gasteiger partial charge is 0.459 e. The highest BCUT2D eigenvalue weighted by molar-refractivity contribution is 7.52. The number of hydrogen-bond acceptors (Lipinski definition) is 13. The van der Waals surface area contributed by atoms with Gasteiger partial charge in [-0.1, -0.05) is 260 Å². The van der Waals surface area contributed by atoms with Gasteiger partial charge < -0.3 is 33.5 Å². The number of carbonyl (C=O) groups excluding carboxylic acids is 1. The lowest BCUT2D eigenvalue weighted by Gasteiger charge is -2.41. The van der Waals surface area contributed by atoms with Gasteiger partial charge in [0, 0.05) is 6.42 Å². The van der Waals surface area contributed by atoms with Crippen molar-refractivity contribution in [3.05, 3.63) is 246 Å². The van der Waals surface area contributed by atoms with E-state index in [1.165, 1.54) is 70.5 Å². The van der Waals surface area contributed by atoms with E-state index < -0.39 is 61.5 Å². The van der Waals surface area contributed by atoms with E-state index >= 15 is 8.96 Å². The van der Waals surface area contributed by atoms with Gasteiger partial charge in [0.1, 0.15) is 53.4 Å². The van der Waals surface area contributed by atoms with Gasteiger partial charge in [-0.3, -0.25) is 13.9 Å². The summed E-state index contributed by atoms with van der Waals surface area (Å²) >= 11 is 0. The van der Waals surface area contributed by atoms with Crippen molar-refractivity contribution in [1.29, 1.82) is 0 Å². The van der Waals surface area contributed by atoms with E-state index in [1.54, 1.807) is 56.0 Å². The minimum atomic E-state index is -4.63. The summed E-state index contributed by atoms with van der Waals surface area (Å²) in [5, 5.41) is 6.56. The number of aromatic nitrogens is 4. The first-order chi connectivity index (χ1) is 46.0. The Morgan fingerprint density at radius 3 is 1.61 bits per heavy atom. The Balaban J connectivity index is 0.983. The Morgan fingerprint density at radius 1 is 0.649 bits per heavy atom. The molecule has 2 N–H and O–H groups in total. The lowest BCUT2D eigenvalue weighted by atomic mass is 9.77. The number of unbranched alkanes of at least 4 members (excludes halogenated alkanes) is 13. The normalized spacial score (nSPS) is 16.6. The van der Waals surface area contributed by atoms with Crippen LogP contribution in [0.15, 0.2) is 207 Å². The van der Waals surface area contributed by atoms with Crippen LogP contribution >= 0.6 is 7.75 Å². The standard InChI is InChI=1S/C77H86FN6O9P/c1-6-8-9-10-11-12-13-14-15-16-17-18-19-35-54-89-73(85)58(3)83-94(86,93-67-44-33-24-34-45-67)90-56-75(7-2)68(91-77(62-40-29-22-30-41-62,63-42-31-23-32-43-63)64-48-52-66(88-5)53-49-64)55-69(92-75)84-57-79-70-71(80-74(78)81-72(70)84)82-76(59-36-25-20-26-37-59,60-38-27-21-28-39-60)61-46-50-65(87-4)51-47-61/h2,20-34,36-53,57-58,68-69H,6,8-19,35,54-56H2,1,3-5H3,(H,83,86)(H,80,81,82)/t58-,68-,69?,75+,94?/m0/s1. The summed E-state index contributed by atoms with van der Waals surface area (Å²) in [7, 11) is -1.42. The number of nitrogens with zero attached hydrogens (tertiary/aromatic N) is 4. The second kappa shape index (κ2) is 32.9. The second-order valence-corrected chi connectivity index (χ2v) is 25.6. The highest BCUT2D eigenvalue weighted by atomic mass is 31.2. The molecule has 1 aliphatic rings. The molecule has 10 rings (SSSR count). The SMILES string of the molecule is C#C[C@]1(COP(=O)(N[C@@H](C)C(=O)OCCCCCCCCCCCCCCCC)Oc2ccccc2)OC(n2cnc3c(NC(c4ccccc4)(c4ccccc4)c4ccc(OC)cc4)nc(F)nc32)C[C@@H]1OC(c1ccccc1)(c1ccccc1)c1ccc(OC)cc1. The van der Waals surface area contributed by atoms with Crippen LogP contribution in [0.1, 0.15) is 150 Å². The minimum Gasteiger partial charge on any atom is -0.497 e. The van der Waals surface area contributed by atoms with Crippen LogP contribution in [0.3, 0.4) is 0 Å². The third-order valence-electron chi connectivity index (χ3n) is 17.5. The van der Waals surface area contributed by atoms with Crippen molar-refractivity contribution in [1.82, 2.24) is 24.6 Å². The third kappa shape index (κ3) is 16.3. The van der Waals surface area contributed by atoms with E-state index in [-0.39, 0.29) is 35.8 Å². The molecule has 490 valence electrons. The molecule has 0 spiro atoms. The Hall–Kier alpha value is -8.68. The number of rotatable bonds is 36. The molecule has 17 heteroatoms. The molecule has 1 aliphatic heterocycles. The van der Waals surface area contributed by atoms with Gasteiger partial charge in [-0.2, -0.15) is 19.4 Å². The molecule has 0 amide bonds. The van der Waals surface area contributed by atoms with Gasteiger partial charge in [-0.15, -0.1) is 6.42 Å². The molecule has 7 aromatic carbocycles. The van der Waals surface area contributed by atoms with E-state index in [4.69, 9.17) is 44.1 Å². The number of nitrogens with one attached hydrogen (secondary N) is 2. The van der Waals surface area contributed by atoms with E-state index in [9.17, 15) is 4.79 Å². The van der Waals surface area contributed by atoms with Crippen LogP contribution < -0.4 is 24.4 Å². The van der Waals surface area contributed by atoms with Gasteiger partial charge in [0.25, 0.3) is 0 Å². The number of carbonyl (C=O) groups is 1. The molecular formula is C77H86FN6O9P. The van der Waals surface area contributed by atoms with E-state index in [0.717, 1.165) is 47.1 Å². The zero-order valence-corrected chi connectivity index (χ0v) is 55.1. The van der Waals surface area contributed by atoms with Crippen molar-refractivity contribution < 1.29 is 46.5 Å². The van der Waals surface area contributed by atoms with Gasteiger partial charge in [0.05, 0.1) is 27.2 Å². The van der Waals surface area contributed by atoms with Gasteiger partial charge >= 0.3 is 19.8 Å². The molecule has 94 heavy (non-hydrogen) atoms. The van der Waals surface area contributed by atoms with Gasteiger partial charge in [0.15, 0.2) is 22.6 Å². The first kappa shape index (κ1) is 68.2.